The number of aryl methyl sites for hydroxylation is 1. The van der Waals surface area contributed by atoms with Gasteiger partial charge in [-0.25, -0.2) is 4.79 Å². The maximum atomic E-state index is 10.8. The zero-order chi connectivity index (χ0) is 12.8. The molecule has 0 unspecified atom stereocenters. The highest BCUT2D eigenvalue weighted by Gasteiger charge is 2.03. The number of halogens is 1. The molecule has 0 heterocycles. The molecule has 0 aromatic heterocycles. The first kappa shape index (κ1) is 13.8. The van der Waals surface area contributed by atoms with Crippen molar-refractivity contribution in [2.24, 2.45) is 0 Å². The number of carbonyl (C=O) groups is 1. The fourth-order valence-corrected chi connectivity index (χ4v) is 1.83. The Labute approximate surface area is 110 Å². The van der Waals surface area contributed by atoms with Gasteiger partial charge < -0.3 is 10.4 Å². The fourth-order valence-electron chi connectivity index (χ4n) is 1.44. The van der Waals surface area contributed by atoms with Crippen LogP contribution in [0.4, 0.5) is 5.69 Å². The van der Waals surface area contributed by atoms with Gasteiger partial charge in [-0.3, -0.25) is 0 Å². The Morgan fingerprint density at radius 3 is 2.82 bits per heavy atom. The average molecular weight is 298 g/mol. The molecule has 17 heavy (non-hydrogen) atoms. The monoisotopic (exact) mass is 297 g/mol. The SMILES string of the molecule is CC/C(=C/CNc1cc(C)ccc1Br)C(=O)O. The van der Waals surface area contributed by atoms with Gasteiger partial charge in [-0.1, -0.05) is 19.1 Å². The van der Waals surface area contributed by atoms with E-state index in [2.05, 4.69) is 21.2 Å². The number of hydrogen-bond acceptors (Lipinski definition) is 2. The molecule has 1 rings (SSSR count). The Morgan fingerprint density at radius 1 is 1.53 bits per heavy atom. The predicted octanol–water partition coefficient (Wildman–Crippen LogP) is 3.59. The van der Waals surface area contributed by atoms with Gasteiger partial charge in [0, 0.05) is 22.3 Å². The van der Waals surface area contributed by atoms with Gasteiger partial charge in [-0.15, -0.1) is 0 Å². The number of nitrogens with one attached hydrogen (secondary N) is 1. The molecular formula is C13H16BrNO2. The Bertz CT molecular complexity index is 441. The van der Waals surface area contributed by atoms with Gasteiger partial charge in [0.2, 0.25) is 0 Å². The van der Waals surface area contributed by atoms with Crippen LogP contribution >= 0.6 is 15.9 Å². The molecule has 0 aliphatic rings. The van der Waals surface area contributed by atoms with E-state index in [-0.39, 0.29) is 0 Å². The van der Waals surface area contributed by atoms with E-state index < -0.39 is 5.97 Å². The number of anilines is 1. The molecule has 4 heteroatoms. The van der Waals surface area contributed by atoms with Crippen molar-refractivity contribution < 1.29 is 9.90 Å². The average Bonchev–Trinajstić information content (AvgIpc) is 2.28. The van der Waals surface area contributed by atoms with Gasteiger partial charge in [0.25, 0.3) is 0 Å². The molecular weight excluding hydrogens is 282 g/mol. The van der Waals surface area contributed by atoms with Crippen LogP contribution in [0.5, 0.6) is 0 Å². The van der Waals surface area contributed by atoms with Crippen LogP contribution in [0.15, 0.2) is 34.3 Å². The van der Waals surface area contributed by atoms with Crippen LogP contribution in [0.1, 0.15) is 18.9 Å². The molecule has 3 nitrogen and oxygen atoms in total. The third kappa shape index (κ3) is 4.23. The summed E-state index contributed by atoms with van der Waals surface area (Å²) in [4.78, 5) is 10.8. The van der Waals surface area contributed by atoms with E-state index in [0.29, 0.717) is 18.5 Å². The third-order valence-corrected chi connectivity index (χ3v) is 3.11. The number of carboxylic acids is 1. The first-order chi connectivity index (χ1) is 8.04. The highest BCUT2D eigenvalue weighted by Crippen LogP contribution is 2.23. The van der Waals surface area contributed by atoms with Crippen LogP contribution in [0.25, 0.3) is 0 Å². The van der Waals surface area contributed by atoms with E-state index in [9.17, 15) is 4.79 Å². The zero-order valence-electron chi connectivity index (χ0n) is 9.96. The quantitative estimate of drug-likeness (QED) is 0.817. The van der Waals surface area contributed by atoms with Crippen LogP contribution in [0, 0.1) is 6.92 Å². The number of rotatable bonds is 5. The summed E-state index contributed by atoms with van der Waals surface area (Å²) < 4.78 is 0.977. The molecule has 92 valence electrons. The van der Waals surface area contributed by atoms with E-state index in [4.69, 9.17) is 5.11 Å². The first-order valence-corrected chi connectivity index (χ1v) is 6.26. The number of hydrogen-bond donors (Lipinski definition) is 2. The van der Waals surface area contributed by atoms with Gasteiger partial charge in [-0.05, 0) is 47.0 Å². The van der Waals surface area contributed by atoms with E-state index in [1.54, 1.807) is 6.08 Å². The first-order valence-electron chi connectivity index (χ1n) is 5.47. The maximum Gasteiger partial charge on any atom is 0.331 e. The number of aliphatic carboxylic acids is 1. The van der Waals surface area contributed by atoms with Crippen LogP contribution in [-0.2, 0) is 4.79 Å². The van der Waals surface area contributed by atoms with Gasteiger partial charge in [-0.2, -0.15) is 0 Å². The van der Waals surface area contributed by atoms with Crippen molar-refractivity contribution in [1.29, 1.82) is 0 Å². The Hall–Kier alpha value is -1.29. The third-order valence-electron chi connectivity index (χ3n) is 2.42. The topological polar surface area (TPSA) is 49.3 Å². The summed E-state index contributed by atoms with van der Waals surface area (Å²) >= 11 is 3.44. The van der Waals surface area contributed by atoms with Crippen LogP contribution in [0.3, 0.4) is 0 Å². The smallest absolute Gasteiger partial charge is 0.331 e. The van der Waals surface area contributed by atoms with E-state index >= 15 is 0 Å². The molecule has 1 aromatic carbocycles. The minimum Gasteiger partial charge on any atom is -0.478 e. The lowest BCUT2D eigenvalue weighted by molar-refractivity contribution is -0.132. The molecule has 0 atom stereocenters. The lowest BCUT2D eigenvalue weighted by Gasteiger charge is -2.07. The summed E-state index contributed by atoms with van der Waals surface area (Å²) in [5.74, 6) is -0.849. The highest BCUT2D eigenvalue weighted by atomic mass is 79.9. The Kier molecular flexibility index (Phi) is 5.22. The Morgan fingerprint density at radius 2 is 2.24 bits per heavy atom. The molecule has 0 aliphatic carbocycles. The van der Waals surface area contributed by atoms with Crippen molar-refractivity contribution in [1.82, 2.24) is 0 Å². The summed E-state index contributed by atoms with van der Waals surface area (Å²) in [5, 5.41) is 12.1. The molecule has 0 saturated heterocycles. The Balaban J connectivity index is 2.67. The van der Waals surface area contributed by atoms with Crippen LogP contribution in [0.2, 0.25) is 0 Å². The van der Waals surface area contributed by atoms with Crippen molar-refractivity contribution in [2.45, 2.75) is 20.3 Å². The standard InChI is InChI=1S/C13H16BrNO2/c1-3-10(13(16)17)6-7-15-12-8-9(2)4-5-11(12)14/h4-6,8,15H,3,7H2,1-2H3,(H,16,17)/b10-6-. The molecule has 0 fully saturated rings. The highest BCUT2D eigenvalue weighted by molar-refractivity contribution is 9.10. The molecule has 0 spiro atoms. The minimum absolute atomic E-state index is 0.432. The summed E-state index contributed by atoms with van der Waals surface area (Å²) in [7, 11) is 0. The van der Waals surface area contributed by atoms with Crippen molar-refractivity contribution in [3.8, 4) is 0 Å². The molecule has 1 aromatic rings. The second-order valence-corrected chi connectivity index (χ2v) is 4.61. The normalized spacial score (nSPS) is 11.4. The summed E-state index contributed by atoms with van der Waals surface area (Å²) in [6.07, 6.45) is 2.24. The van der Waals surface area contributed by atoms with Crippen LogP contribution in [-0.4, -0.2) is 17.6 Å². The summed E-state index contributed by atoms with van der Waals surface area (Å²) in [6, 6.07) is 6.00. The van der Waals surface area contributed by atoms with Gasteiger partial charge in [0.1, 0.15) is 0 Å². The molecule has 0 radical (unpaired) electrons. The fraction of sp³-hybridized carbons (Fsp3) is 0.308. The molecule has 0 amide bonds. The van der Waals surface area contributed by atoms with Gasteiger partial charge >= 0.3 is 5.97 Å². The van der Waals surface area contributed by atoms with E-state index in [1.807, 2.05) is 32.0 Å². The minimum atomic E-state index is -0.849. The lowest BCUT2D eigenvalue weighted by atomic mass is 10.2. The lowest BCUT2D eigenvalue weighted by Crippen LogP contribution is -2.05. The van der Waals surface area contributed by atoms with E-state index in [1.165, 1.54) is 0 Å². The van der Waals surface area contributed by atoms with Crippen molar-refractivity contribution >= 4 is 27.6 Å². The largest absolute Gasteiger partial charge is 0.478 e. The number of carboxylic acid groups (broad SMARTS) is 1. The summed E-state index contributed by atoms with van der Waals surface area (Å²) in [6.45, 7) is 4.36. The van der Waals surface area contributed by atoms with Gasteiger partial charge in [0.05, 0.1) is 0 Å². The zero-order valence-corrected chi connectivity index (χ0v) is 11.5. The maximum absolute atomic E-state index is 10.8. The molecule has 0 bridgehead atoms. The molecule has 2 N–H and O–H groups in total. The van der Waals surface area contributed by atoms with Crippen LogP contribution < -0.4 is 5.32 Å². The van der Waals surface area contributed by atoms with Gasteiger partial charge in [0.15, 0.2) is 0 Å². The second-order valence-electron chi connectivity index (χ2n) is 3.75. The van der Waals surface area contributed by atoms with E-state index in [0.717, 1.165) is 15.7 Å². The predicted molar refractivity (Wildman–Crippen MR) is 73.4 cm³/mol. The number of benzene rings is 1. The second kappa shape index (κ2) is 6.45. The van der Waals surface area contributed by atoms with Crippen molar-refractivity contribution in [3.63, 3.8) is 0 Å². The van der Waals surface area contributed by atoms with Crippen molar-refractivity contribution in [3.05, 3.63) is 39.9 Å². The molecule has 0 saturated carbocycles. The summed E-state index contributed by atoms with van der Waals surface area (Å²) in [5.41, 5.74) is 2.57. The molecule has 0 aliphatic heterocycles. The van der Waals surface area contributed by atoms with Crippen molar-refractivity contribution in [2.75, 3.05) is 11.9 Å².